The Morgan fingerprint density at radius 3 is 2.81 bits per heavy atom. The van der Waals surface area contributed by atoms with Gasteiger partial charge in [0, 0.05) is 5.38 Å². The van der Waals surface area contributed by atoms with Crippen LogP contribution in [0.15, 0.2) is 22.0 Å². The first kappa shape index (κ1) is 10.9. The van der Waals surface area contributed by atoms with Crippen molar-refractivity contribution in [3.63, 3.8) is 0 Å². The molecule has 1 aliphatic carbocycles. The molecule has 0 aliphatic heterocycles. The monoisotopic (exact) mass is 239 g/mol. The quantitative estimate of drug-likeness (QED) is 0.324. The zero-order chi connectivity index (χ0) is 11.6. The molecule has 0 unspecified atom stereocenters. The second-order valence-corrected chi connectivity index (χ2v) is 4.67. The number of hydrogen-bond donors (Lipinski definition) is 3. The third kappa shape index (κ3) is 1.65. The molecule has 0 saturated heterocycles. The van der Waals surface area contributed by atoms with E-state index in [4.69, 9.17) is 10.9 Å². The average molecular weight is 239 g/mol. The summed E-state index contributed by atoms with van der Waals surface area (Å²) in [6.07, 6.45) is 2.20. The van der Waals surface area contributed by atoms with Gasteiger partial charge in [0.15, 0.2) is 5.84 Å². The van der Waals surface area contributed by atoms with Gasteiger partial charge in [0.1, 0.15) is 5.41 Å². The van der Waals surface area contributed by atoms with Crippen molar-refractivity contribution in [1.82, 2.24) is 0 Å². The summed E-state index contributed by atoms with van der Waals surface area (Å²) in [5, 5.41) is 18.2. The van der Waals surface area contributed by atoms with Crippen LogP contribution in [-0.2, 0) is 4.79 Å². The van der Waals surface area contributed by atoms with Gasteiger partial charge in [-0.1, -0.05) is 11.6 Å². The minimum Gasteiger partial charge on any atom is -0.409 e. The predicted molar refractivity (Wildman–Crippen MR) is 62.6 cm³/mol. The number of thiophene rings is 1. The summed E-state index contributed by atoms with van der Waals surface area (Å²) in [5.74, 6) is -0.182. The molecule has 1 aromatic heterocycles. The summed E-state index contributed by atoms with van der Waals surface area (Å²) in [6, 6.07) is 1.82. The van der Waals surface area contributed by atoms with E-state index in [1.165, 1.54) is 11.3 Å². The van der Waals surface area contributed by atoms with Gasteiger partial charge >= 0.3 is 0 Å². The smallest absolute Gasteiger partial charge is 0.238 e. The fourth-order valence-electron chi connectivity index (χ4n) is 1.81. The number of hydrogen-bond acceptors (Lipinski definition) is 4. The average Bonchev–Trinajstić information content (AvgIpc) is 2.68. The normalized spacial score (nSPS) is 18.9. The van der Waals surface area contributed by atoms with Crippen LogP contribution in [0.1, 0.15) is 19.3 Å². The fraction of sp³-hybridized carbons (Fsp3) is 0.400. The molecule has 1 aliphatic rings. The van der Waals surface area contributed by atoms with Crippen LogP contribution < -0.4 is 11.1 Å². The van der Waals surface area contributed by atoms with Crippen LogP contribution in [0, 0.1) is 5.41 Å². The summed E-state index contributed by atoms with van der Waals surface area (Å²) in [5.41, 5.74) is 5.53. The summed E-state index contributed by atoms with van der Waals surface area (Å²) >= 11 is 1.51. The topological polar surface area (TPSA) is 87.7 Å². The van der Waals surface area contributed by atoms with Gasteiger partial charge in [-0.2, -0.15) is 11.3 Å². The highest BCUT2D eigenvalue weighted by molar-refractivity contribution is 7.08. The van der Waals surface area contributed by atoms with E-state index in [-0.39, 0.29) is 11.7 Å². The number of nitrogens with two attached hydrogens (primary N) is 1. The number of anilines is 1. The van der Waals surface area contributed by atoms with Gasteiger partial charge in [-0.05, 0) is 24.3 Å². The van der Waals surface area contributed by atoms with E-state index >= 15 is 0 Å². The number of amidine groups is 1. The highest BCUT2D eigenvalue weighted by Gasteiger charge is 2.48. The third-order valence-electron chi connectivity index (χ3n) is 3.02. The lowest BCUT2D eigenvalue weighted by atomic mass is 9.67. The van der Waals surface area contributed by atoms with Gasteiger partial charge in [0.2, 0.25) is 5.91 Å². The van der Waals surface area contributed by atoms with E-state index in [0.717, 1.165) is 12.1 Å². The van der Waals surface area contributed by atoms with Crippen LogP contribution in [0.25, 0.3) is 0 Å². The largest absolute Gasteiger partial charge is 0.409 e. The van der Waals surface area contributed by atoms with Crippen LogP contribution in [0.5, 0.6) is 0 Å². The van der Waals surface area contributed by atoms with Gasteiger partial charge in [-0.15, -0.1) is 0 Å². The maximum Gasteiger partial charge on any atom is 0.238 e. The van der Waals surface area contributed by atoms with Gasteiger partial charge in [0.25, 0.3) is 0 Å². The first-order chi connectivity index (χ1) is 7.69. The minimum absolute atomic E-state index is 0.00600. The Morgan fingerprint density at radius 2 is 2.38 bits per heavy atom. The molecule has 1 aromatic rings. The second-order valence-electron chi connectivity index (χ2n) is 3.89. The van der Waals surface area contributed by atoms with Crippen LogP contribution in [0.2, 0.25) is 0 Å². The number of carbonyl (C=O) groups is 1. The molecule has 86 valence electrons. The Hall–Kier alpha value is -1.56. The standard InChI is InChI=1S/C10H13N3O2S/c11-8(13-15)10(3-1-4-10)9(14)12-7-2-5-16-6-7/h2,5-6,15H,1,3-4H2,(H2,11,13)(H,12,14). The van der Waals surface area contributed by atoms with E-state index in [0.29, 0.717) is 12.8 Å². The molecule has 1 fully saturated rings. The van der Waals surface area contributed by atoms with E-state index < -0.39 is 5.41 Å². The SMILES string of the molecule is N/C(=N/O)C1(C(=O)Nc2ccsc2)CCC1. The molecule has 1 heterocycles. The number of rotatable bonds is 3. The Balaban J connectivity index is 2.13. The molecule has 0 aromatic carbocycles. The Bertz CT molecular complexity index is 410. The van der Waals surface area contributed by atoms with Crippen molar-refractivity contribution < 1.29 is 10.0 Å². The van der Waals surface area contributed by atoms with Crippen molar-refractivity contribution in [2.75, 3.05) is 5.32 Å². The lowest BCUT2D eigenvalue weighted by Crippen LogP contribution is -2.51. The van der Waals surface area contributed by atoms with Crippen molar-refractivity contribution in [3.05, 3.63) is 16.8 Å². The zero-order valence-electron chi connectivity index (χ0n) is 8.64. The molecule has 1 amide bonds. The van der Waals surface area contributed by atoms with Crippen LogP contribution in [0.4, 0.5) is 5.69 Å². The lowest BCUT2D eigenvalue weighted by Gasteiger charge is -2.38. The molecule has 0 spiro atoms. The molecule has 5 nitrogen and oxygen atoms in total. The highest BCUT2D eigenvalue weighted by atomic mass is 32.1. The van der Waals surface area contributed by atoms with Crippen LogP contribution >= 0.6 is 11.3 Å². The number of nitrogens with one attached hydrogen (secondary N) is 1. The van der Waals surface area contributed by atoms with Gasteiger partial charge in [-0.25, -0.2) is 0 Å². The molecule has 1 saturated carbocycles. The summed E-state index contributed by atoms with van der Waals surface area (Å²) in [6.45, 7) is 0. The number of amides is 1. The Morgan fingerprint density at radius 1 is 1.62 bits per heavy atom. The molecule has 0 bridgehead atoms. The van der Waals surface area contributed by atoms with Crippen molar-refractivity contribution in [2.45, 2.75) is 19.3 Å². The molecular formula is C10H13N3O2S. The number of nitrogens with zero attached hydrogens (tertiary/aromatic N) is 1. The molecule has 6 heteroatoms. The lowest BCUT2D eigenvalue weighted by molar-refractivity contribution is -0.125. The van der Waals surface area contributed by atoms with Gasteiger partial charge in [-0.3, -0.25) is 4.79 Å². The molecular weight excluding hydrogens is 226 g/mol. The number of carbonyl (C=O) groups excluding carboxylic acids is 1. The van der Waals surface area contributed by atoms with E-state index in [1.807, 2.05) is 16.8 Å². The molecule has 2 rings (SSSR count). The van der Waals surface area contributed by atoms with Crippen molar-refractivity contribution in [1.29, 1.82) is 0 Å². The molecule has 4 N–H and O–H groups in total. The van der Waals surface area contributed by atoms with Crippen molar-refractivity contribution in [2.24, 2.45) is 16.3 Å². The Labute approximate surface area is 97.0 Å². The maximum atomic E-state index is 12.0. The highest BCUT2D eigenvalue weighted by Crippen LogP contribution is 2.42. The van der Waals surface area contributed by atoms with Gasteiger partial charge in [0.05, 0.1) is 5.69 Å². The van der Waals surface area contributed by atoms with Crippen molar-refractivity contribution in [3.8, 4) is 0 Å². The summed E-state index contributed by atoms with van der Waals surface area (Å²) in [4.78, 5) is 12.0. The summed E-state index contributed by atoms with van der Waals surface area (Å²) in [7, 11) is 0. The zero-order valence-corrected chi connectivity index (χ0v) is 9.46. The molecule has 0 atom stereocenters. The fourth-order valence-corrected chi connectivity index (χ4v) is 2.40. The summed E-state index contributed by atoms with van der Waals surface area (Å²) < 4.78 is 0. The van der Waals surface area contributed by atoms with E-state index in [1.54, 1.807) is 0 Å². The first-order valence-electron chi connectivity index (χ1n) is 5.01. The van der Waals surface area contributed by atoms with Crippen LogP contribution in [0.3, 0.4) is 0 Å². The minimum atomic E-state index is -0.809. The van der Waals surface area contributed by atoms with E-state index in [2.05, 4.69) is 10.5 Å². The number of oxime groups is 1. The van der Waals surface area contributed by atoms with Gasteiger partial charge < -0.3 is 16.3 Å². The first-order valence-corrected chi connectivity index (χ1v) is 5.95. The third-order valence-corrected chi connectivity index (χ3v) is 3.70. The van der Waals surface area contributed by atoms with Crippen LogP contribution in [-0.4, -0.2) is 17.0 Å². The van der Waals surface area contributed by atoms with Crippen molar-refractivity contribution >= 4 is 28.8 Å². The second kappa shape index (κ2) is 4.13. The van der Waals surface area contributed by atoms with E-state index in [9.17, 15) is 4.79 Å². The molecule has 0 radical (unpaired) electrons. The molecule has 16 heavy (non-hydrogen) atoms. The maximum absolute atomic E-state index is 12.0. The Kier molecular flexibility index (Phi) is 2.82. The predicted octanol–water partition coefficient (Wildman–Crippen LogP) is 1.60.